The first-order valence-corrected chi connectivity index (χ1v) is 2.63. The third-order valence-corrected chi connectivity index (χ3v) is 1.30. The zero-order chi connectivity index (χ0) is 7.02. The second kappa shape index (κ2) is 1.74. The van der Waals surface area contributed by atoms with Crippen molar-refractivity contribution in [1.82, 2.24) is 10.2 Å². The van der Waals surface area contributed by atoms with Gasteiger partial charge in [0.2, 0.25) is 5.91 Å². The molecule has 3 nitrogen and oxygen atoms in total. The van der Waals surface area contributed by atoms with Crippen LogP contribution in [0.25, 0.3) is 0 Å². The van der Waals surface area contributed by atoms with Crippen molar-refractivity contribution in [3.8, 4) is 0 Å². The Bertz CT molecular complexity index is 139. The molecule has 0 radical (unpaired) electrons. The van der Waals surface area contributed by atoms with Gasteiger partial charge in [0.1, 0.15) is 1.41 Å². The van der Waals surface area contributed by atoms with Crippen LogP contribution in [0, 0.1) is 0 Å². The summed E-state index contributed by atoms with van der Waals surface area (Å²) in [4.78, 5) is 12.4. The van der Waals surface area contributed by atoms with Crippen molar-refractivity contribution < 1.29 is 6.21 Å². The molecule has 0 aromatic rings. The number of nitrogens with one attached hydrogen (secondary N) is 1. The first-order valence-electron chi connectivity index (χ1n) is 3.08. The fraction of sp³-hybridized carbons (Fsp3) is 0.800. The molecule has 1 fully saturated rings. The van der Waals surface area contributed by atoms with Crippen LogP contribution >= 0.6 is 0 Å². The van der Waals surface area contributed by atoms with Crippen molar-refractivity contribution in [1.29, 1.82) is 0 Å². The normalized spacial score (nSPS) is 33.8. The van der Waals surface area contributed by atoms with Crippen LogP contribution in [-0.4, -0.2) is 30.6 Å². The molecule has 0 saturated carbocycles. The van der Waals surface area contributed by atoms with Crippen LogP contribution in [0.4, 0.5) is 0 Å². The number of carbonyl (C=O) groups excluding carboxylic acids is 1. The molecule has 0 spiro atoms. The molecule has 3 heteroatoms. The van der Waals surface area contributed by atoms with Gasteiger partial charge < -0.3 is 4.90 Å². The molecule has 8 heavy (non-hydrogen) atoms. The second-order valence-electron chi connectivity index (χ2n) is 2.04. The van der Waals surface area contributed by atoms with Crippen molar-refractivity contribution in [3.63, 3.8) is 0 Å². The van der Waals surface area contributed by atoms with Gasteiger partial charge in [0.25, 0.3) is 0 Å². The highest BCUT2D eigenvalue weighted by molar-refractivity contribution is 5.82. The maximum atomic E-state index is 10.9. The summed E-state index contributed by atoms with van der Waals surface area (Å²) >= 11 is 0. The molecule has 1 rings (SSSR count). The standard InChI is InChI=1S/C5H10N2O/c1-4-5(8)7(2)3-6-4/h4,6H,3H2,1-2H3/i/hD. The van der Waals surface area contributed by atoms with E-state index in [2.05, 4.69) is 0 Å². The van der Waals surface area contributed by atoms with E-state index in [0.29, 0.717) is 6.67 Å². The number of hydrogen-bond acceptors (Lipinski definition) is 2. The second-order valence-corrected chi connectivity index (χ2v) is 2.04. The Morgan fingerprint density at radius 1 is 2.12 bits per heavy atom. The van der Waals surface area contributed by atoms with Crippen LogP contribution < -0.4 is 5.31 Å². The van der Waals surface area contributed by atoms with Crippen LogP contribution in [-0.2, 0) is 4.79 Å². The van der Waals surface area contributed by atoms with Gasteiger partial charge in [-0.15, -0.1) is 0 Å². The first-order chi connectivity index (χ1) is 4.13. The molecule has 1 saturated heterocycles. The maximum Gasteiger partial charge on any atom is 0.240 e. The van der Waals surface area contributed by atoms with Gasteiger partial charge in [-0.25, -0.2) is 0 Å². The molecule has 46 valence electrons. The van der Waals surface area contributed by atoms with Crippen molar-refractivity contribution in [2.75, 3.05) is 13.7 Å². The molecule has 0 aromatic carbocycles. The summed E-state index contributed by atoms with van der Waals surface area (Å²) in [6.45, 7) is 2.17. The van der Waals surface area contributed by atoms with E-state index >= 15 is 0 Å². The van der Waals surface area contributed by atoms with Crippen LogP contribution in [0.3, 0.4) is 0 Å². The fourth-order valence-electron chi connectivity index (χ4n) is 0.712. The van der Waals surface area contributed by atoms with Gasteiger partial charge in [0, 0.05) is 7.05 Å². The molecular weight excluding hydrogens is 104 g/mol. The Balaban J connectivity index is 2.65. The Morgan fingerprint density at radius 2 is 2.75 bits per heavy atom. The minimum Gasteiger partial charge on any atom is -0.332 e. The zero-order valence-corrected chi connectivity index (χ0v) is 5.09. The third-order valence-electron chi connectivity index (χ3n) is 1.30. The lowest BCUT2D eigenvalue weighted by Crippen LogP contribution is -2.24. The Kier molecular flexibility index (Phi) is 0.942. The maximum absolute atomic E-state index is 10.9. The Morgan fingerprint density at radius 3 is 2.88 bits per heavy atom. The zero-order valence-electron chi connectivity index (χ0n) is 6.09. The lowest BCUT2D eigenvalue weighted by atomic mass is 10.3. The summed E-state index contributed by atoms with van der Waals surface area (Å²) in [6, 6.07) is -0.255. The van der Waals surface area contributed by atoms with Gasteiger partial charge in [0.05, 0.1) is 12.7 Å². The van der Waals surface area contributed by atoms with Crippen molar-refractivity contribution >= 4 is 5.91 Å². The van der Waals surface area contributed by atoms with E-state index in [-0.39, 0.29) is 11.9 Å². The highest BCUT2D eigenvalue weighted by atomic mass is 16.2. The van der Waals surface area contributed by atoms with Gasteiger partial charge in [0.15, 0.2) is 0 Å². The highest BCUT2D eigenvalue weighted by Crippen LogP contribution is 1.96. The highest BCUT2D eigenvalue weighted by Gasteiger charge is 2.22. The number of hydrogen-bond donors (Lipinski definition) is 1. The van der Waals surface area contributed by atoms with Crippen LogP contribution in [0.15, 0.2) is 0 Å². The molecular formula is C5H10N2O. The quantitative estimate of drug-likeness (QED) is 0.457. The average molecular weight is 115 g/mol. The topological polar surface area (TPSA) is 32.3 Å². The minimum absolute atomic E-state index is 0.0324. The summed E-state index contributed by atoms with van der Waals surface area (Å²) in [5.41, 5.74) is 0. The van der Waals surface area contributed by atoms with E-state index in [9.17, 15) is 4.79 Å². The summed E-state index contributed by atoms with van der Waals surface area (Å²) in [5.74, 6) is 0.0324. The fourth-order valence-corrected chi connectivity index (χ4v) is 0.712. The SMILES string of the molecule is [2H]N1CN(C)C(=O)C1C. The lowest BCUT2D eigenvalue weighted by Gasteiger charge is -2.03. The van der Waals surface area contributed by atoms with E-state index in [1.807, 2.05) is 0 Å². The number of rotatable bonds is 0. The van der Waals surface area contributed by atoms with Crippen molar-refractivity contribution in [2.24, 2.45) is 0 Å². The van der Waals surface area contributed by atoms with Gasteiger partial charge in [-0.2, -0.15) is 0 Å². The molecule has 1 N–H and O–H groups in total. The Labute approximate surface area is 50.1 Å². The molecule has 1 heterocycles. The van der Waals surface area contributed by atoms with Gasteiger partial charge in [-0.1, -0.05) is 0 Å². The number of carbonyl (C=O) groups is 1. The number of nitrogens with zero attached hydrogens (tertiary/aromatic N) is 1. The minimum atomic E-state index is -0.255. The van der Waals surface area contributed by atoms with E-state index in [1.165, 1.54) is 10.2 Å². The first kappa shape index (κ1) is 4.32. The van der Waals surface area contributed by atoms with Crippen molar-refractivity contribution in [3.05, 3.63) is 0 Å². The summed E-state index contributed by atoms with van der Waals surface area (Å²) in [5, 5.41) is 1.27. The van der Waals surface area contributed by atoms with Crippen LogP contribution in [0.1, 0.15) is 6.92 Å². The van der Waals surface area contributed by atoms with Crippen molar-refractivity contribution in [2.45, 2.75) is 13.0 Å². The van der Waals surface area contributed by atoms with E-state index < -0.39 is 0 Å². The monoisotopic (exact) mass is 115 g/mol. The average Bonchev–Trinajstić information content (AvgIpc) is 1.98. The van der Waals surface area contributed by atoms with Gasteiger partial charge >= 0.3 is 0 Å². The molecule has 0 bridgehead atoms. The molecule has 1 amide bonds. The van der Waals surface area contributed by atoms with Gasteiger partial charge in [-0.3, -0.25) is 10.1 Å². The predicted octanol–water partition coefficient (Wildman–Crippen LogP) is -0.606. The van der Waals surface area contributed by atoms with Gasteiger partial charge in [-0.05, 0) is 6.92 Å². The molecule has 1 aliphatic rings. The van der Waals surface area contributed by atoms with Crippen LogP contribution in [0.5, 0.6) is 0 Å². The Hall–Kier alpha value is -0.570. The molecule has 0 aromatic heterocycles. The molecule has 1 atom stereocenters. The molecule has 1 unspecified atom stereocenters. The smallest absolute Gasteiger partial charge is 0.240 e. The largest absolute Gasteiger partial charge is 0.332 e. The molecule has 1 aliphatic heterocycles. The molecule has 0 aliphatic carbocycles. The lowest BCUT2D eigenvalue weighted by molar-refractivity contribution is -0.127. The predicted molar refractivity (Wildman–Crippen MR) is 30.2 cm³/mol. The van der Waals surface area contributed by atoms with E-state index in [4.69, 9.17) is 1.41 Å². The summed E-state index contributed by atoms with van der Waals surface area (Å²) in [7, 11) is 1.70. The van der Waals surface area contributed by atoms with E-state index in [0.717, 1.165) is 0 Å². The summed E-state index contributed by atoms with van der Waals surface area (Å²) < 4.78 is 7.17. The number of likely N-dealkylation sites (N-methyl/N-ethyl adjacent to an activating group) is 1. The number of amides is 1. The van der Waals surface area contributed by atoms with Crippen LogP contribution in [0.2, 0.25) is 1.41 Å². The van der Waals surface area contributed by atoms with E-state index in [1.54, 1.807) is 14.0 Å². The summed E-state index contributed by atoms with van der Waals surface area (Å²) in [6.07, 6.45) is 0. The third kappa shape index (κ3) is 0.690.